The van der Waals surface area contributed by atoms with Crippen LogP contribution in [0.3, 0.4) is 0 Å². The number of nitriles is 1. The van der Waals surface area contributed by atoms with E-state index in [1.807, 2.05) is 6.07 Å². The minimum Gasteiger partial charge on any atom is -0.493 e. The fraction of sp³-hybridized carbons (Fsp3) is 0.467. The second-order valence-electron chi connectivity index (χ2n) is 4.59. The van der Waals surface area contributed by atoms with Gasteiger partial charge < -0.3 is 9.47 Å². The largest absolute Gasteiger partial charge is 0.493 e. The lowest BCUT2D eigenvalue weighted by Gasteiger charge is -2.11. The maximum atomic E-state index is 11.6. The molecule has 1 atom stereocenters. The normalized spacial score (nSPS) is 11.7. The molecule has 19 heavy (non-hydrogen) atoms. The lowest BCUT2D eigenvalue weighted by molar-refractivity contribution is -0.143. The number of rotatable bonds is 6. The molecule has 0 amide bonds. The number of ether oxygens (including phenoxy) is 2. The molecule has 4 nitrogen and oxygen atoms in total. The van der Waals surface area contributed by atoms with Gasteiger partial charge in [-0.2, -0.15) is 5.26 Å². The Labute approximate surface area is 113 Å². The molecule has 0 heterocycles. The van der Waals surface area contributed by atoms with Crippen LogP contribution in [0.2, 0.25) is 0 Å². The van der Waals surface area contributed by atoms with Gasteiger partial charge in [0.2, 0.25) is 0 Å². The van der Waals surface area contributed by atoms with Crippen LogP contribution >= 0.6 is 0 Å². The maximum absolute atomic E-state index is 11.6. The van der Waals surface area contributed by atoms with Crippen molar-refractivity contribution in [3.8, 4) is 11.8 Å². The Hall–Kier alpha value is -2.02. The van der Waals surface area contributed by atoms with Crippen LogP contribution in [-0.2, 0) is 9.53 Å². The van der Waals surface area contributed by atoms with Gasteiger partial charge in [0.1, 0.15) is 5.75 Å². The van der Waals surface area contributed by atoms with Crippen LogP contribution in [0.4, 0.5) is 0 Å². The van der Waals surface area contributed by atoms with Crippen molar-refractivity contribution in [1.82, 2.24) is 0 Å². The molecular formula is C15H19NO3. The first-order chi connectivity index (χ1) is 9.08. The Bertz CT molecular complexity index is 445. The van der Waals surface area contributed by atoms with E-state index in [0.29, 0.717) is 18.1 Å². The molecule has 0 saturated heterocycles. The average Bonchev–Trinajstić information content (AvgIpc) is 2.39. The SMILES string of the molecule is CCOC(=O)C(C#N)c1ccc(OCC(C)C)cc1. The highest BCUT2D eigenvalue weighted by Crippen LogP contribution is 2.20. The first-order valence-electron chi connectivity index (χ1n) is 6.37. The zero-order chi connectivity index (χ0) is 14.3. The lowest BCUT2D eigenvalue weighted by atomic mass is 10.0. The molecule has 1 aromatic rings. The van der Waals surface area contributed by atoms with Gasteiger partial charge >= 0.3 is 5.97 Å². The van der Waals surface area contributed by atoms with Gasteiger partial charge in [0.05, 0.1) is 19.3 Å². The zero-order valence-electron chi connectivity index (χ0n) is 11.6. The van der Waals surface area contributed by atoms with Gasteiger partial charge in [0.15, 0.2) is 5.92 Å². The smallest absolute Gasteiger partial charge is 0.327 e. The van der Waals surface area contributed by atoms with Crippen LogP contribution in [0.5, 0.6) is 5.75 Å². The Morgan fingerprint density at radius 2 is 1.95 bits per heavy atom. The molecule has 102 valence electrons. The van der Waals surface area contributed by atoms with E-state index in [1.165, 1.54) is 0 Å². The molecule has 0 N–H and O–H groups in total. The molecule has 0 aliphatic rings. The van der Waals surface area contributed by atoms with Crippen molar-refractivity contribution in [3.05, 3.63) is 29.8 Å². The summed E-state index contributed by atoms with van der Waals surface area (Å²) >= 11 is 0. The summed E-state index contributed by atoms with van der Waals surface area (Å²) < 4.78 is 10.4. The Morgan fingerprint density at radius 1 is 1.32 bits per heavy atom. The van der Waals surface area contributed by atoms with E-state index in [2.05, 4.69) is 13.8 Å². The van der Waals surface area contributed by atoms with Crippen LogP contribution in [0.1, 0.15) is 32.3 Å². The molecule has 0 aliphatic heterocycles. The molecule has 1 unspecified atom stereocenters. The average molecular weight is 261 g/mol. The van der Waals surface area contributed by atoms with Gasteiger partial charge in [-0.05, 0) is 30.5 Å². The van der Waals surface area contributed by atoms with Gasteiger partial charge in [0.25, 0.3) is 0 Å². The second kappa shape index (κ2) is 7.42. The number of esters is 1. The van der Waals surface area contributed by atoms with E-state index in [9.17, 15) is 4.79 Å². The lowest BCUT2D eigenvalue weighted by Crippen LogP contribution is -2.14. The number of benzene rings is 1. The topological polar surface area (TPSA) is 59.3 Å². The van der Waals surface area contributed by atoms with Crippen molar-refractivity contribution in [3.63, 3.8) is 0 Å². The maximum Gasteiger partial charge on any atom is 0.327 e. The van der Waals surface area contributed by atoms with Crippen LogP contribution in [-0.4, -0.2) is 19.2 Å². The molecular weight excluding hydrogens is 242 g/mol. The fourth-order valence-electron chi connectivity index (χ4n) is 1.51. The highest BCUT2D eigenvalue weighted by Gasteiger charge is 2.21. The summed E-state index contributed by atoms with van der Waals surface area (Å²) in [6.45, 7) is 6.77. The summed E-state index contributed by atoms with van der Waals surface area (Å²) in [7, 11) is 0. The fourth-order valence-corrected chi connectivity index (χ4v) is 1.51. The summed E-state index contributed by atoms with van der Waals surface area (Å²) in [5, 5.41) is 9.04. The highest BCUT2D eigenvalue weighted by molar-refractivity contribution is 5.81. The third-order valence-electron chi connectivity index (χ3n) is 2.45. The van der Waals surface area contributed by atoms with Crippen molar-refractivity contribution in [1.29, 1.82) is 5.26 Å². The van der Waals surface area contributed by atoms with E-state index in [1.54, 1.807) is 31.2 Å². The van der Waals surface area contributed by atoms with Crippen LogP contribution in [0.25, 0.3) is 0 Å². The summed E-state index contributed by atoms with van der Waals surface area (Å²) in [6, 6.07) is 8.93. The highest BCUT2D eigenvalue weighted by atomic mass is 16.5. The number of carbonyl (C=O) groups excluding carboxylic acids is 1. The number of hydrogen-bond acceptors (Lipinski definition) is 4. The standard InChI is InChI=1S/C15H19NO3/c1-4-18-15(17)14(9-16)12-5-7-13(8-6-12)19-10-11(2)3/h5-8,11,14H,4,10H2,1-3H3. The Kier molecular flexibility index (Phi) is 5.87. The molecule has 0 aromatic heterocycles. The molecule has 0 aliphatic carbocycles. The molecule has 0 spiro atoms. The number of nitrogens with zero attached hydrogens (tertiary/aromatic N) is 1. The molecule has 0 radical (unpaired) electrons. The molecule has 0 bridgehead atoms. The number of carbonyl (C=O) groups is 1. The summed E-state index contributed by atoms with van der Waals surface area (Å²) in [5.74, 6) is -0.205. The Balaban J connectivity index is 2.74. The molecule has 4 heteroatoms. The van der Waals surface area contributed by atoms with E-state index < -0.39 is 11.9 Å². The van der Waals surface area contributed by atoms with Crippen molar-refractivity contribution >= 4 is 5.97 Å². The van der Waals surface area contributed by atoms with Crippen molar-refractivity contribution < 1.29 is 14.3 Å². The second-order valence-corrected chi connectivity index (χ2v) is 4.59. The quantitative estimate of drug-likeness (QED) is 0.739. The predicted molar refractivity (Wildman–Crippen MR) is 71.8 cm³/mol. The molecule has 0 saturated carbocycles. The summed E-state index contributed by atoms with van der Waals surface area (Å²) in [6.07, 6.45) is 0. The van der Waals surface area contributed by atoms with Crippen molar-refractivity contribution in [2.24, 2.45) is 5.92 Å². The first-order valence-corrected chi connectivity index (χ1v) is 6.37. The van der Waals surface area contributed by atoms with Crippen molar-refractivity contribution in [2.45, 2.75) is 26.7 Å². The van der Waals surface area contributed by atoms with Gasteiger partial charge in [-0.15, -0.1) is 0 Å². The number of hydrogen-bond donors (Lipinski definition) is 0. The van der Waals surface area contributed by atoms with Crippen LogP contribution in [0.15, 0.2) is 24.3 Å². The molecule has 1 aromatic carbocycles. The van der Waals surface area contributed by atoms with E-state index >= 15 is 0 Å². The van der Waals surface area contributed by atoms with Gasteiger partial charge in [0, 0.05) is 0 Å². The Morgan fingerprint density at radius 3 is 2.42 bits per heavy atom. The van der Waals surface area contributed by atoms with Crippen LogP contribution in [0, 0.1) is 17.2 Å². The van der Waals surface area contributed by atoms with E-state index in [0.717, 1.165) is 5.75 Å². The van der Waals surface area contributed by atoms with Gasteiger partial charge in [-0.3, -0.25) is 4.79 Å². The predicted octanol–water partition coefficient (Wildman–Crippen LogP) is 2.89. The third-order valence-corrected chi connectivity index (χ3v) is 2.45. The van der Waals surface area contributed by atoms with Crippen molar-refractivity contribution in [2.75, 3.05) is 13.2 Å². The molecule has 1 rings (SSSR count). The minimum absolute atomic E-state index is 0.270. The van der Waals surface area contributed by atoms with Gasteiger partial charge in [-0.25, -0.2) is 0 Å². The zero-order valence-corrected chi connectivity index (χ0v) is 11.6. The minimum atomic E-state index is -0.876. The molecule has 0 fully saturated rings. The third kappa shape index (κ3) is 4.63. The first kappa shape index (κ1) is 15.0. The van der Waals surface area contributed by atoms with Gasteiger partial charge in [-0.1, -0.05) is 26.0 Å². The summed E-state index contributed by atoms with van der Waals surface area (Å²) in [4.78, 5) is 11.6. The van der Waals surface area contributed by atoms with E-state index in [4.69, 9.17) is 14.7 Å². The van der Waals surface area contributed by atoms with E-state index in [-0.39, 0.29) is 6.61 Å². The van der Waals surface area contributed by atoms with Crippen LogP contribution < -0.4 is 4.74 Å². The summed E-state index contributed by atoms with van der Waals surface area (Å²) in [5.41, 5.74) is 0.623. The monoisotopic (exact) mass is 261 g/mol.